The van der Waals surface area contributed by atoms with Gasteiger partial charge in [0.25, 0.3) is 0 Å². The molecule has 0 aliphatic heterocycles. The van der Waals surface area contributed by atoms with E-state index in [1.165, 1.54) is 36.4 Å². The van der Waals surface area contributed by atoms with Crippen LogP contribution in [0.1, 0.15) is 31.1 Å². The third-order valence-corrected chi connectivity index (χ3v) is 7.43. The number of carbonyl (C=O) groups is 3. The van der Waals surface area contributed by atoms with E-state index in [-0.39, 0.29) is 60.8 Å². The van der Waals surface area contributed by atoms with Crippen molar-refractivity contribution in [1.29, 1.82) is 0 Å². The topological polar surface area (TPSA) is 192 Å². The zero-order chi connectivity index (χ0) is 34.9. The fourth-order valence-corrected chi connectivity index (χ4v) is 4.30. The van der Waals surface area contributed by atoms with Crippen LogP contribution in [0.25, 0.3) is 22.8 Å². The summed E-state index contributed by atoms with van der Waals surface area (Å²) in [4.78, 5) is 43.7. The van der Waals surface area contributed by atoms with Gasteiger partial charge in [-0.2, -0.15) is 0 Å². The predicted molar refractivity (Wildman–Crippen MR) is 191 cm³/mol. The second-order valence-electron chi connectivity index (χ2n) is 9.22. The maximum absolute atomic E-state index is 10.2. The molecule has 3 aromatic carbocycles. The molecule has 3 heterocycles. The van der Waals surface area contributed by atoms with E-state index in [1.807, 2.05) is 54.6 Å². The fourth-order valence-electron chi connectivity index (χ4n) is 3.51. The number of carboxylic acid groups (broad SMARTS) is 3. The van der Waals surface area contributed by atoms with Crippen molar-refractivity contribution in [2.24, 2.45) is 0 Å². The van der Waals surface area contributed by atoms with Crippen LogP contribution in [0.5, 0.6) is 0 Å². The first-order chi connectivity index (χ1) is 23.0. The number of nitrogens with zero attached hydrogens (tertiary/aromatic N) is 3. The van der Waals surface area contributed by atoms with Gasteiger partial charge in [-0.25, -0.2) is 4.98 Å². The van der Waals surface area contributed by atoms with Gasteiger partial charge in [0.1, 0.15) is 0 Å². The van der Waals surface area contributed by atoms with Gasteiger partial charge in [0, 0.05) is 25.8 Å². The van der Waals surface area contributed by atoms with E-state index in [4.69, 9.17) is 0 Å². The Morgan fingerprint density at radius 1 is 0.420 bits per heavy atom. The summed E-state index contributed by atoms with van der Waals surface area (Å²) in [7, 11) is 0. The summed E-state index contributed by atoms with van der Waals surface area (Å²) in [6, 6.07) is 36.3. The summed E-state index contributed by atoms with van der Waals surface area (Å²) < 4.78 is 2.58. The summed E-state index contributed by atoms with van der Waals surface area (Å²) in [5.41, 5.74) is 4.05. The zero-order valence-corrected chi connectivity index (χ0v) is 32.5. The van der Waals surface area contributed by atoms with E-state index in [0.717, 1.165) is 36.2 Å². The molecule has 14 heteroatoms. The molecule has 50 heavy (non-hydrogen) atoms. The minimum absolute atomic E-state index is 0. The molecule has 10 nitrogen and oxygen atoms in total. The Morgan fingerprint density at radius 3 is 0.940 bits per heavy atom. The molecule has 0 aliphatic carbocycles. The zero-order valence-electron chi connectivity index (χ0n) is 25.6. The van der Waals surface area contributed by atoms with Crippen molar-refractivity contribution in [3.8, 4) is 22.8 Å². The minimum atomic E-state index is -1.15. The fraction of sp³-hybridized carbons (Fsp3) is 0. The monoisotopic (exact) mass is 1010 g/mol. The molecule has 0 saturated heterocycles. The maximum atomic E-state index is 10.2. The van der Waals surface area contributed by atoms with Crippen LogP contribution in [0.15, 0.2) is 153 Å². The molecule has 0 amide bonds. The number of aromatic nitrogens is 3. The van der Waals surface area contributed by atoms with E-state index < -0.39 is 17.9 Å². The normalized spacial score (nSPS) is 9.26. The minimum Gasteiger partial charge on any atom is -0.545 e. The van der Waals surface area contributed by atoms with Crippen LogP contribution < -0.4 is 15.3 Å². The van der Waals surface area contributed by atoms with Crippen LogP contribution in [0, 0.1) is 38.6 Å². The molecule has 0 unspecified atom stereocenters. The number of halogens is 3. The number of carbonyl (C=O) groups excluding carboxylic acids is 3. The molecule has 0 saturated carbocycles. The van der Waals surface area contributed by atoms with Crippen LogP contribution in [0.4, 0.5) is 0 Å². The van der Waals surface area contributed by atoms with E-state index in [0.29, 0.717) is 0 Å². The molecule has 6 rings (SSSR count). The molecule has 6 aromatic rings. The Kier molecular flexibility index (Phi) is 20.9. The number of aromatic carboxylic acids is 3. The number of hydrogen-bond acceptors (Lipinski definition) is 9. The van der Waals surface area contributed by atoms with Gasteiger partial charge in [0.05, 0.1) is 40.7 Å². The number of hydrogen-bond donors (Lipinski definition) is 0. The Bertz CT molecular complexity index is 1730. The first-order valence-electron chi connectivity index (χ1n) is 13.7. The molecule has 3 N–H and O–H groups in total. The molecular formula is C36H26Br3N3O7Tb+. The molecule has 0 atom stereocenters. The second-order valence-corrected chi connectivity index (χ2v) is 12.0. The standard InChI is InChI=1S/C15H11N3.3C7H5BrO2.H2O.Tb/c1-3-10-16-12(6-1)14-8-5-9-15(18-14)13-7-2-4-11-17-13;3*8-6-3-1-5(2-4-6)7(9)10;;/h1-11H;3*1-4H,(H,9,10);1H2;/q;;;;;+3/p-2. The van der Waals surface area contributed by atoms with Gasteiger partial charge >= 0.3 is 38.6 Å². The van der Waals surface area contributed by atoms with Crippen LogP contribution in [0.3, 0.4) is 0 Å². The molecule has 3 aromatic heterocycles. The molecule has 0 bridgehead atoms. The third kappa shape index (κ3) is 15.8. The largest absolute Gasteiger partial charge is 3.00 e. The van der Waals surface area contributed by atoms with Gasteiger partial charge in [-0.05, 0) is 89.5 Å². The van der Waals surface area contributed by atoms with Crippen molar-refractivity contribution in [2.45, 2.75) is 0 Å². The SMILES string of the molecule is O=C([O-])c1ccc(Br)cc1.O=C([O-])c1ccc(Br)cc1.O=C([O-])c1ccc(Br)cc1.[OH3+].[Tb+3].c1ccc(-c2cccc(-c3ccccn3)n2)nc1. The summed E-state index contributed by atoms with van der Waals surface area (Å²) in [5, 5.41) is 30.6. The number of pyridine rings is 3. The van der Waals surface area contributed by atoms with Gasteiger partial charge in [-0.1, -0.05) is 102 Å². The van der Waals surface area contributed by atoms with Gasteiger partial charge in [-0.15, -0.1) is 0 Å². The molecular weight excluding hydrogens is 985 g/mol. The Labute approximate surface area is 343 Å². The number of carboxylic acids is 3. The van der Waals surface area contributed by atoms with Crippen molar-refractivity contribution >= 4 is 65.7 Å². The third-order valence-electron chi connectivity index (χ3n) is 5.84. The molecule has 0 radical (unpaired) electrons. The summed E-state index contributed by atoms with van der Waals surface area (Å²) in [6.07, 6.45) is 3.54. The van der Waals surface area contributed by atoms with E-state index in [1.54, 1.807) is 48.8 Å². The Balaban J connectivity index is 0.000000344. The Morgan fingerprint density at radius 2 is 0.700 bits per heavy atom. The van der Waals surface area contributed by atoms with Crippen LogP contribution >= 0.6 is 47.8 Å². The number of rotatable bonds is 5. The van der Waals surface area contributed by atoms with Crippen LogP contribution in [0.2, 0.25) is 0 Å². The summed E-state index contributed by atoms with van der Waals surface area (Å²) in [6.45, 7) is 0. The van der Waals surface area contributed by atoms with E-state index in [9.17, 15) is 29.7 Å². The van der Waals surface area contributed by atoms with Gasteiger partial charge in [0.2, 0.25) is 0 Å². The van der Waals surface area contributed by atoms with Crippen molar-refractivity contribution in [1.82, 2.24) is 15.0 Å². The van der Waals surface area contributed by atoms with Crippen molar-refractivity contribution < 1.29 is 73.8 Å². The molecule has 256 valence electrons. The van der Waals surface area contributed by atoms with Gasteiger partial charge < -0.3 is 35.2 Å². The summed E-state index contributed by atoms with van der Waals surface area (Å²) in [5.74, 6) is -3.44. The van der Waals surface area contributed by atoms with Crippen molar-refractivity contribution in [2.75, 3.05) is 0 Å². The van der Waals surface area contributed by atoms with Crippen molar-refractivity contribution in [3.63, 3.8) is 0 Å². The van der Waals surface area contributed by atoms with Gasteiger partial charge in [0.15, 0.2) is 0 Å². The quantitative estimate of drug-likeness (QED) is 0.220. The van der Waals surface area contributed by atoms with Crippen molar-refractivity contribution in [3.05, 3.63) is 170 Å². The summed E-state index contributed by atoms with van der Waals surface area (Å²) >= 11 is 9.54. The Hall–Kier alpha value is -3.79. The van der Waals surface area contributed by atoms with Crippen LogP contribution in [-0.2, 0) is 5.48 Å². The average molecular weight is 1010 g/mol. The first-order valence-corrected chi connectivity index (χ1v) is 16.1. The van der Waals surface area contributed by atoms with E-state index in [2.05, 4.69) is 62.7 Å². The number of benzene rings is 3. The van der Waals surface area contributed by atoms with Crippen LogP contribution in [-0.4, -0.2) is 32.9 Å². The second kappa shape index (κ2) is 23.6. The predicted octanol–water partition coefficient (Wildman–Crippen LogP) is 4.72. The first kappa shape index (κ1) is 44.2. The molecule has 0 spiro atoms. The molecule has 0 fully saturated rings. The molecule has 0 aliphatic rings. The average Bonchev–Trinajstić information content (AvgIpc) is 3.10. The van der Waals surface area contributed by atoms with Gasteiger partial charge in [-0.3, -0.25) is 9.97 Å². The van der Waals surface area contributed by atoms with E-state index >= 15 is 0 Å². The maximum Gasteiger partial charge on any atom is 3.00 e. The smallest absolute Gasteiger partial charge is 0.545 e.